The normalized spacial score (nSPS) is 26.5. The molecule has 0 spiro atoms. The molecule has 0 radical (unpaired) electrons. The molecule has 4 rings (SSSR count). The fourth-order valence-electron chi connectivity index (χ4n) is 7.43. The third-order valence-corrected chi connectivity index (χ3v) is 10.4. The van der Waals surface area contributed by atoms with E-state index in [-0.39, 0.29) is 39.1 Å². The standard InChI is InChI=1S/C36H46Cl2F2N2O3Si/c1-34(2,3)32(45-46(7)8)27(21-13-10-9-11-14-21)31-36(20-41,24-18-17-22(37)19-26(24)39)28(23-15-12-16-25(38)29(23)40)30(42-31)33(43)44-35(4,5)6/h9-10,12,15-19,21,27-28,30-32,42,46H,11,13-14H2,1-8H3/t21?,27?,28-,30+,31-,32?,36+/m0/s1. The van der Waals surface area contributed by atoms with E-state index in [0.717, 1.165) is 25.3 Å². The predicted octanol–water partition coefficient (Wildman–Crippen LogP) is 8.89. The maximum Gasteiger partial charge on any atom is 0.324 e. The number of carbonyl (C=O) groups excluding carboxylic acids is 1. The first-order valence-corrected chi connectivity index (χ1v) is 19.6. The highest BCUT2D eigenvalue weighted by Gasteiger charge is 2.65. The van der Waals surface area contributed by atoms with Crippen LogP contribution in [-0.4, -0.2) is 38.8 Å². The highest BCUT2D eigenvalue weighted by Crippen LogP contribution is 2.56. The van der Waals surface area contributed by atoms with Crippen molar-refractivity contribution < 1.29 is 22.7 Å². The first-order valence-electron chi connectivity index (χ1n) is 16.0. The fraction of sp³-hybridized carbons (Fsp3) is 0.556. The van der Waals surface area contributed by atoms with E-state index < -0.39 is 61.1 Å². The quantitative estimate of drug-likeness (QED) is 0.170. The summed E-state index contributed by atoms with van der Waals surface area (Å²) < 4.78 is 45.4. The zero-order valence-corrected chi connectivity index (χ0v) is 30.6. The van der Waals surface area contributed by atoms with E-state index in [4.69, 9.17) is 32.4 Å². The van der Waals surface area contributed by atoms with Crippen LogP contribution >= 0.6 is 23.2 Å². The second-order valence-corrected chi connectivity index (χ2v) is 18.2. The van der Waals surface area contributed by atoms with Gasteiger partial charge in [0.2, 0.25) is 0 Å². The van der Waals surface area contributed by atoms with Crippen molar-refractivity contribution in [2.75, 3.05) is 0 Å². The molecule has 7 atom stereocenters. The van der Waals surface area contributed by atoms with Gasteiger partial charge in [-0.15, -0.1) is 0 Å². The summed E-state index contributed by atoms with van der Waals surface area (Å²) in [6.07, 6.45) is 6.27. The largest absolute Gasteiger partial charge is 0.459 e. The van der Waals surface area contributed by atoms with Crippen molar-refractivity contribution in [2.24, 2.45) is 17.3 Å². The zero-order chi connectivity index (χ0) is 34.2. The van der Waals surface area contributed by atoms with Crippen molar-refractivity contribution in [1.82, 2.24) is 5.32 Å². The second-order valence-electron chi connectivity index (χ2n) is 15.0. The summed E-state index contributed by atoms with van der Waals surface area (Å²) in [6.45, 7) is 15.7. The molecule has 10 heteroatoms. The lowest BCUT2D eigenvalue weighted by atomic mass is 9.58. The number of nitriles is 1. The minimum atomic E-state index is -1.81. The Labute approximate surface area is 284 Å². The molecule has 1 saturated heterocycles. The number of nitrogens with zero attached hydrogens (tertiary/aromatic N) is 1. The molecule has 2 aromatic rings. The molecule has 0 amide bonds. The first kappa shape index (κ1) is 36.6. The summed E-state index contributed by atoms with van der Waals surface area (Å²) in [5, 5.41) is 15.0. The molecule has 3 unspecified atom stereocenters. The van der Waals surface area contributed by atoms with E-state index in [9.17, 15) is 10.1 Å². The van der Waals surface area contributed by atoms with Crippen molar-refractivity contribution in [3.05, 3.63) is 81.4 Å². The Hall–Kier alpha value is -2.28. The van der Waals surface area contributed by atoms with Crippen LogP contribution in [0.3, 0.4) is 0 Å². The summed E-state index contributed by atoms with van der Waals surface area (Å²) in [7, 11) is -1.67. The molecule has 1 heterocycles. The van der Waals surface area contributed by atoms with Gasteiger partial charge in [-0.05, 0) is 88.2 Å². The van der Waals surface area contributed by atoms with Crippen LogP contribution in [0, 0.1) is 40.2 Å². The highest BCUT2D eigenvalue weighted by molar-refractivity contribution is 6.48. The number of nitrogens with one attached hydrogen (secondary N) is 1. The van der Waals surface area contributed by atoms with Crippen LogP contribution in [0.4, 0.5) is 8.78 Å². The van der Waals surface area contributed by atoms with Gasteiger partial charge in [0.05, 0.1) is 17.2 Å². The van der Waals surface area contributed by atoms with E-state index in [1.165, 1.54) is 24.3 Å². The van der Waals surface area contributed by atoms with Crippen molar-refractivity contribution >= 4 is 38.2 Å². The van der Waals surface area contributed by atoms with Gasteiger partial charge in [-0.1, -0.05) is 74.3 Å². The summed E-state index contributed by atoms with van der Waals surface area (Å²) in [5.41, 5.74) is -3.03. The molecule has 1 N–H and O–H groups in total. The maximum atomic E-state index is 16.4. The number of ether oxygens (including phenoxy) is 1. The third kappa shape index (κ3) is 7.39. The molecule has 5 nitrogen and oxygen atoms in total. The minimum Gasteiger partial charge on any atom is -0.459 e. The molecule has 2 aliphatic rings. The van der Waals surface area contributed by atoms with Crippen molar-refractivity contribution in [2.45, 2.75) is 109 Å². The number of carbonyl (C=O) groups is 1. The predicted molar refractivity (Wildman–Crippen MR) is 183 cm³/mol. The molecule has 46 heavy (non-hydrogen) atoms. The lowest BCUT2D eigenvalue weighted by Crippen LogP contribution is -2.57. The average molecular weight is 692 g/mol. The lowest BCUT2D eigenvalue weighted by molar-refractivity contribution is -0.157. The Kier molecular flexibility index (Phi) is 11.2. The van der Waals surface area contributed by atoms with E-state index in [2.05, 4.69) is 57.4 Å². The van der Waals surface area contributed by atoms with E-state index in [0.29, 0.717) is 0 Å². The van der Waals surface area contributed by atoms with Crippen LogP contribution in [0.25, 0.3) is 0 Å². The van der Waals surface area contributed by atoms with Crippen LogP contribution in [0.2, 0.25) is 23.1 Å². The minimum absolute atomic E-state index is 0.0183. The van der Waals surface area contributed by atoms with Gasteiger partial charge in [0.25, 0.3) is 0 Å². The molecule has 1 aliphatic heterocycles. The summed E-state index contributed by atoms with van der Waals surface area (Å²) in [6, 6.07) is 9.11. The van der Waals surface area contributed by atoms with Gasteiger partial charge < -0.3 is 9.16 Å². The molecule has 2 aromatic carbocycles. The molecule has 1 fully saturated rings. The SMILES string of the molecule is C[SiH](C)OC(C(C1CC=CCC1)[C@@H]1N[C@@H](C(=O)OC(C)(C)C)[C@H](c2cccc(Cl)c2F)[C@@]1(C#N)c1ccc(Cl)cc1F)C(C)(C)C. The molecule has 0 aromatic heterocycles. The number of hydrogen-bond donors (Lipinski definition) is 1. The monoisotopic (exact) mass is 690 g/mol. The number of rotatable bonds is 8. The summed E-state index contributed by atoms with van der Waals surface area (Å²) >= 11 is 12.6. The van der Waals surface area contributed by atoms with Crippen molar-refractivity contribution in [1.29, 1.82) is 5.26 Å². The molecule has 1 aliphatic carbocycles. The molecular formula is C36H46Cl2F2N2O3Si. The number of hydrogen-bond acceptors (Lipinski definition) is 5. The van der Waals surface area contributed by atoms with Gasteiger partial charge >= 0.3 is 5.97 Å². The Morgan fingerprint density at radius 3 is 2.35 bits per heavy atom. The third-order valence-electron chi connectivity index (χ3n) is 9.07. The molecular weight excluding hydrogens is 645 g/mol. The van der Waals surface area contributed by atoms with Crippen LogP contribution in [-0.2, 0) is 19.4 Å². The molecule has 0 bridgehead atoms. The Morgan fingerprint density at radius 2 is 1.80 bits per heavy atom. The molecule has 250 valence electrons. The molecule has 0 saturated carbocycles. The number of allylic oxidation sites excluding steroid dienone is 2. The van der Waals surface area contributed by atoms with Gasteiger partial charge in [0.1, 0.15) is 28.7 Å². The van der Waals surface area contributed by atoms with Gasteiger partial charge in [0.15, 0.2) is 9.04 Å². The van der Waals surface area contributed by atoms with Gasteiger partial charge in [0, 0.05) is 28.5 Å². The number of halogens is 4. The summed E-state index contributed by atoms with van der Waals surface area (Å²) in [5.74, 6) is -3.73. The first-order chi connectivity index (χ1) is 21.4. The van der Waals surface area contributed by atoms with E-state index in [1.54, 1.807) is 26.8 Å². The second kappa shape index (κ2) is 14.1. The topological polar surface area (TPSA) is 71.3 Å². The van der Waals surface area contributed by atoms with Crippen LogP contribution < -0.4 is 5.32 Å². The Morgan fingerprint density at radius 1 is 1.11 bits per heavy atom. The fourth-order valence-corrected chi connectivity index (χ4v) is 8.95. The smallest absolute Gasteiger partial charge is 0.324 e. The van der Waals surface area contributed by atoms with Crippen molar-refractivity contribution in [3.63, 3.8) is 0 Å². The number of benzene rings is 2. The highest BCUT2D eigenvalue weighted by atomic mass is 35.5. The Bertz CT molecular complexity index is 1500. The van der Waals surface area contributed by atoms with Gasteiger partial charge in [-0.2, -0.15) is 5.26 Å². The zero-order valence-electron chi connectivity index (χ0n) is 28.0. The van der Waals surface area contributed by atoms with Crippen LogP contribution in [0.15, 0.2) is 48.6 Å². The van der Waals surface area contributed by atoms with Crippen molar-refractivity contribution in [3.8, 4) is 6.07 Å². The van der Waals surface area contributed by atoms with Gasteiger partial charge in [-0.25, -0.2) is 8.78 Å². The Balaban J connectivity index is 2.13. The lowest BCUT2D eigenvalue weighted by Gasteiger charge is -2.49. The number of esters is 1. The van der Waals surface area contributed by atoms with Crippen LogP contribution in [0.5, 0.6) is 0 Å². The summed E-state index contributed by atoms with van der Waals surface area (Å²) in [4.78, 5) is 14.2. The van der Waals surface area contributed by atoms with E-state index in [1.807, 2.05) is 0 Å². The van der Waals surface area contributed by atoms with Crippen LogP contribution in [0.1, 0.15) is 77.8 Å². The maximum absolute atomic E-state index is 16.4. The average Bonchev–Trinajstić information content (AvgIpc) is 3.28. The van der Waals surface area contributed by atoms with E-state index >= 15 is 8.78 Å². The van der Waals surface area contributed by atoms with Gasteiger partial charge in [-0.3, -0.25) is 10.1 Å².